The molecule has 0 amide bonds. The van der Waals surface area contributed by atoms with Gasteiger partial charge in [-0.3, -0.25) is 9.55 Å². The number of carbonyl (C=O) groups is 1. The van der Waals surface area contributed by atoms with Crippen molar-refractivity contribution in [3.8, 4) is 0 Å². The molecule has 0 bridgehead atoms. The summed E-state index contributed by atoms with van der Waals surface area (Å²) in [5, 5.41) is 3.41. The molecule has 1 aliphatic rings. The summed E-state index contributed by atoms with van der Waals surface area (Å²) >= 11 is 0. The lowest BCUT2D eigenvalue weighted by Gasteiger charge is -2.31. The Hall–Kier alpha value is -3.93. The van der Waals surface area contributed by atoms with Crippen LogP contribution >= 0.6 is 0 Å². The van der Waals surface area contributed by atoms with Crippen LogP contribution in [-0.2, 0) is 9.53 Å². The predicted molar refractivity (Wildman–Crippen MR) is 116 cm³/mol. The zero-order valence-electron chi connectivity index (χ0n) is 16.4. The SMILES string of the molecule is CCOC(=O)C1=C(c2ccccc2)Nc2nc3ccccc3n2[C@@H]1c1ccncc1. The van der Waals surface area contributed by atoms with Gasteiger partial charge in [0.1, 0.15) is 0 Å². The van der Waals surface area contributed by atoms with E-state index in [0.29, 0.717) is 23.8 Å². The lowest BCUT2D eigenvalue weighted by atomic mass is 9.93. The van der Waals surface area contributed by atoms with Gasteiger partial charge in [0, 0.05) is 12.4 Å². The Kier molecular flexibility index (Phi) is 4.52. The van der Waals surface area contributed by atoms with Crippen LogP contribution < -0.4 is 5.32 Å². The van der Waals surface area contributed by atoms with Crippen molar-refractivity contribution in [1.82, 2.24) is 14.5 Å². The van der Waals surface area contributed by atoms with Crippen molar-refractivity contribution >= 4 is 28.6 Å². The first kappa shape index (κ1) is 18.1. The van der Waals surface area contributed by atoms with Gasteiger partial charge in [0.2, 0.25) is 5.95 Å². The monoisotopic (exact) mass is 396 g/mol. The van der Waals surface area contributed by atoms with E-state index in [1.54, 1.807) is 12.4 Å². The maximum atomic E-state index is 13.3. The largest absolute Gasteiger partial charge is 0.463 e. The van der Waals surface area contributed by atoms with Crippen LogP contribution in [-0.4, -0.2) is 27.1 Å². The molecule has 0 radical (unpaired) electrons. The van der Waals surface area contributed by atoms with Crippen molar-refractivity contribution in [1.29, 1.82) is 0 Å². The Bertz CT molecular complexity index is 1250. The molecular weight excluding hydrogens is 376 g/mol. The number of carbonyl (C=O) groups excluding carboxylic acids is 1. The molecule has 4 aromatic rings. The molecule has 3 heterocycles. The maximum Gasteiger partial charge on any atom is 0.338 e. The topological polar surface area (TPSA) is 69.0 Å². The number of benzene rings is 2. The fourth-order valence-corrected chi connectivity index (χ4v) is 3.96. The van der Waals surface area contributed by atoms with Crippen LogP contribution in [0.3, 0.4) is 0 Å². The van der Waals surface area contributed by atoms with Gasteiger partial charge in [0.25, 0.3) is 0 Å². The molecule has 0 saturated carbocycles. The number of nitrogens with zero attached hydrogens (tertiary/aromatic N) is 3. The van der Waals surface area contributed by atoms with E-state index in [-0.39, 0.29) is 5.97 Å². The van der Waals surface area contributed by atoms with Gasteiger partial charge >= 0.3 is 5.97 Å². The number of nitrogens with one attached hydrogen (secondary N) is 1. The van der Waals surface area contributed by atoms with Gasteiger partial charge in [-0.2, -0.15) is 0 Å². The smallest absolute Gasteiger partial charge is 0.338 e. The third-order valence-electron chi connectivity index (χ3n) is 5.21. The lowest BCUT2D eigenvalue weighted by molar-refractivity contribution is -0.138. The van der Waals surface area contributed by atoms with E-state index < -0.39 is 6.04 Å². The number of esters is 1. The summed E-state index contributed by atoms with van der Waals surface area (Å²) in [6.07, 6.45) is 3.47. The van der Waals surface area contributed by atoms with E-state index in [0.717, 1.165) is 22.2 Å². The Morgan fingerprint density at radius 1 is 1.03 bits per heavy atom. The van der Waals surface area contributed by atoms with E-state index in [9.17, 15) is 4.79 Å². The Balaban J connectivity index is 1.83. The highest BCUT2D eigenvalue weighted by Crippen LogP contribution is 2.42. The average molecular weight is 396 g/mol. The molecule has 6 nitrogen and oxygen atoms in total. The molecule has 1 atom stereocenters. The second-order valence-electron chi connectivity index (χ2n) is 6.98. The molecule has 1 aliphatic heterocycles. The van der Waals surface area contributed by atoms with Crippen LogP contribution in [0, 0.1) is 0 Å². The highest BCUT2D eigenvalue weighted by molar-refractivity contribution is 6.03. The summed E-state index contributed by atoms with van der Waals surface area (Å²) in [6, 6.07) is 21.2. The fraction of sp³-hybridized carbons (Fsp3) is 0.125. The van der Waals surface area contributed by atoms with Crippen LogP contribution in [0.1, 0.15) is 24.1 Å². The van der Waals surface area contributed by atoms with E-state index in [2.05, 4.69) is 14.9 Å². The number of ether oxygens (including phenoxy) is 1. The average Bonchev–Trinajstić information content (AvgIpc) is 3.17. The molecule has 0 unspecified atom stereocenters. The van der Waals surface area contributed by atoms with Gasteiger partial charge in [-0.05, 0) is 42.3 Å². The van der Waals surface area contributed by atoms with Crippen LogP contribution in [0.2, 0.25) is 0 Å². The van der Waals surface area contributed by atoms with Crippen molar-refractivity contribution in [2.45, 2.75) is 13.0 Å². The molecule has 148 valence electrons. The van der Waals surface area contributed by atoms with Gasteiger partial charge in [-0.1, -0.05) is 42.5 Å². The summed E-state index contributed by atoms with van der Waals surface area (Å²) in [4.78, 5) is 22.2. The second-order valence-corrected chi connectivity index (χ2v) is 6.98. The molecule has 30 heavy (non-hydrogen) atoms. The highest BCUT2D eigenvalue weighted by Gasteiger charge is 2.36. The Morgan fingerprint density at radius 2 is 1.77 bits per heavy atom. The minimum absolute atomic E-state index is 0.297. The Morgan fingerprint density at radius 3 is 2.53 bits per heavy atom. The fourth-order valence-electron chi connectivity index (χ4n) is 3.96. The molecule has 0 aliphatic carbocycles. The van der Waals surface area contributed by atoms with E-state index in [4.69, 9.17) is 9.72 Å². The molecule has 0 spiro atoms. The van der Waals surface area contributed by atoms with Crippen LogP contribution in [0.15, 0.2) is 84.7 Å². The first-order valence-electron chi connectivity index (χ1n) is 9.88. The number of hydrogen-bond acceptors (Lipinski definition) is 5. The molecule has 2 aromatic heterocycles. The number of rotatable bonds is 4. The number of anilines is 1. The summed E-state index contributed by atoms with van der Waals surface area (Å²) in [7, 11) is 0. The highest BCUT2D eigenvalue weighted by atomic mass is 16.5. The van der Waals surface area contributed by atoms with Crippen molar-refractivity contribution in [3.63, 3.8) is 0 Å². The van der Waals surface area contributed by atoms with Gasteiger partial charge in [-0.25, -0.2) is 9.78 Å². The maximum absolute atomic E-state index is 13.3. The van der Waals surface area contributed by atoms with E-state index in [1.807, 2.05) is 73.7 Å². The van der Waals surface area contributed by atoms with Crippen molar-refractivity contribution in [2.75, 3.05) is 11.9 Å². The number of para-hydroxylation sites is 2. The lowest BCUT2D eigenvalue weighted by Crippen LogP contribution is -2.29. The van der Waals surface area contributed by atoms with Crippen molar-refractivity contribution in [3.05, 3.63) is 95.8 Å². The summed E-state index contributed by atoms with van der Waals surface area (Å²) < 4.78 is 7.56. The normalized spacial score (nSPS) is 15.6. The quantitative estimate of drug-likeness (QED) is 0.517. The van der Waals surface area contributed by atoms with Gasteiger partial charge in [0.15, 0.2) is 0 Å². The molecule has 0 fully saturated rings. The molecule has 6 heteroatoms. The molecule has 0 saturated heterocycles. The molecule has 5 rings (SSSR count). The minimum Gasteiger partial charge on any atom is -0.463 e. The molecule has 1 N–H and O–H groups in total. The summed E-state index contributed by atoms with van der Waals surface area (Å²) in [6.45, 7) is 2.11. The summed E-state index contributed by atoms with van der Waals surface area (Å²) in [5.74, 6) is 0.332. The number of hydrogen-bond donors (Lipinski definition) is 1. The van der Waals surface area contributed by atoms with Crippen LogP contribution in [0.4, 0.5) is 5.95 Å². The first-order chi connectivity index (χ1) is 14.8. The van der Waals surface area contributed by atoms with Crippen molar-refractivity contribution in [2.24, 2.45) is 0 Å². The second kappa shape index (κ2) is 7.48. The van der Waals surface area contributed by atoms with E-state index >= 15 is 0 Å². The number of pyridine rings is 1. The predicted octanol–water partition coefficient (Wildman–Crippen LogP) is 4.42. The first-order valence-corrected chi connectivity index (χ1v) is 9.88. The van der Waals surface area contributed by atoms with Gasteiger partial charge in [-0.15, -0.1) is 0 Å². The number of imidazole rings is 1. The summed E-state index contributed by atoms with van der Waals surface area (Å²) in [5.41, 5.74) is 4.89. The standard InChI is InChI=1S/C24H20N4O2/c1-2-30-23(29)20-21(16-8-4-3-5-9-16)27-24-26-18-10-6-7-11-19(18)28(24)22(20)17-12-14-25-15-13-17/h3-15,22H,2H2,1H3,(H,26,27)/t22-/m1/s1. The Labute approximate surface area is 173 Å². The van der Waals surface area contributed by atoms with E-state index in [1.165, 1.54) is 0 Å². The van der Waals surface area contributed by atoms with Crippen molar-refractivity contribution < 1.29 is 9.53 Å². The number of fused-ring (bicyclic) bond motifs is 3. The zero-order chi connectivity index (χ0) is 20.5. The third-order valence-corrected chi connectivity index (χ3v) is 5.21. The minimum atomic E-state index is -0.397. The van der Waals surface area contributed by atoms with Gasteiger partial charge < -0.3 is 10.1 Å². The zero-order valence-corrected chi connectivity index (χ0v) is 16.4. The van der Waals surface area contributed by atoms with Crippen LogP contribution in [0.5, 0.6) is 0 Å². The molecule has 2 aromatic carbocycles. The third kappa shape index (κ3) is 2.93. The molecular formula is C24H20N4O2. The van der Waals surface area contributed by atoms with Gasteiger partial charge in [0.05, 0.1) is 35.0 Å². The van der Waals surface area contributed by atoms with Crippen LogP contribution in [0.25, 0.3) is 16.7 Å². The number of aromatic nitrogens is 3.